The number of hydrogen-bond donors (Lipinski definition) is 1. The zero-order valence-corrected chi connectivity index (χ0v) is 11.9. The minimum Gasteiger partial charge on any atom is -0.378 e. The Morgan fingerprint density at radius 3 is 2.76 bits per heavy atom. The van der Waals surface area contributed by atoms with Gasteiger partial charge in [0.05, 0.1) is 17.6 Å². The van der Waals surface area contributed by atoms with Gasteiger partial charge in [-0.3, -0.25) is 0 Å². The molecule has 0 fully saturated rings. The van der Waals surface area contributed by atoms with Crippen molar-refractivity contribution in [3.8, 4) is 5.69 Å². The Morgan fingerprint density at radius 1 is 1.14 bits per heavy atom. The summed E-state index contributed by atoms with van der Waals surface area (Å²) in [4.78, 5) is 0. The highest BCUT2D eigenvalue weighted by Gasteiger charge is 2.04. The summed E-state index contributed by atoms with van der Waals surface area (Å²) in [5, 5.41) is 7.82. The first-order valence-corrected chi connectivity index (χ1v) is 6.88. The van der Waals surface area contributed by atoms with E-state index in [2.05, 4.69) is 10.4 Å². The van der Waals surface area contributed by atoms with E-state index in [-0.39, 0.29) is 5.82 Å². The Morgan fingerprint density at radius 2 is 1.95 bits per heavy atom. The lowest BCUT2D eigenvalue weighted by Gasteiger charge is -2.06. The number of benzene rings is 2. The van der Waals surface area contributed by atoms with Crippen molar-refractivity contribution >= 4 is 17.3 Å². The van der Waals surface area contributed by atoms with Gasteiger partial charge in [-0.15, -0.1) is 0 Å². The van der Waals surface area contributed by atoms with E-state index < -0.39 is 0 Å². The predicted octanol–water partition coefficient (Wildman–Crippen LogP) is 4.28. The average molecular weight is 302 g/mol. The highest BCUT2D eigenvalue weighted by molar-refractivity contribution is 6.30. The molecule has 0 unspecified atom stereocenters. The van der Waals surface area contributed by atoms with Gasteiger partial charge in [-0.1, -0.05) is 29.8 Å². The molecule has 1 heterocycles. The number of hydrogen-bond acceptors (Lipinski definition) is 2. The van der Waals surface area contributed by atoms with Gasteiger partial charge in [0.15, 0.2) is 0 Å². The van der Waals surface area contributed by atoms with E-state index in [1.807, 2.05) is 36.5 Å². The first-order valence-electron chi connectivity index (χ1n) is 6.50. The summed E-state index contributed by atoms with van der Waals surface area (Å²) in [6.07, 6.45) is 3.66. The summed E-state index contributed by atoms with van der Waals surface area (Å²) < 4.78 is 15.4. The molecule has 0 aliphatic carbocycles. The number of aromatic nitrogens is 2. The highest BCUT2D eigenvalue weighted by atomic mass is 35.5. The van der Waals surface area contributed by atoms with Crippen molar-refractivity contribution in [3.05, 3.63) is 77.3 Å². The average Bonchev–Trinajstić information content (AvgIpc) is 2.98. The van der Waals surface area contributed by atoms with Gasteiger partial charge >= 0.3 is 0 Å². The maximum Gasteiger partial charge on any atom is 0.146 e. The van der Waals surface area contributed by atoms with Gasteiger partial charge in [0, 0.05) is 23.3 Å². The normalized spacial score (nSPS) is 10.6. The second-order valence-electron chi connectivity index (χ2n) is 4.61. The van der Waals surface area contributed by atoms with Gasteiger partial charge < -0.3 is 5.32 Å². The number of nitrogens with zero attached hydrogens (tertiary/aromatic N) is 2. The van der Waals surface area contributed by atoms with Crippen LogP contribution in [-0.2, 0) is 6.54 Å². The van der Waals surface area contributed by atoms with Gasteiger partial charge in [-0.25, -0.2) is 9.07 Å². The molecule has 5 heteroatoms. The van der Waals surface area contributed by atoms with Crippen molar-refractivity contribution in [1.29, 1.82) is 0 Å². The fraction of sp³-hybridized carbons (Fsp3) is 0.0625. The second kappa shape index (κ2) is 5.97. The van der Waals surface area contributed by atoms with Gasteiger partial charge in [0.1, 0.15) is 5.82 Å². The van der Waals surface area contributed by atoms with Gasteiger partial charge in [-0.05, 0) is 30.3 Å². The molecule has 21 heavy (non-hydrogen) atoms. The molecule has 3 nitrogen and oxygen atoms in total. The number of para-hydroxylation sites is 1. The third kappa shape index (κ3) is 3.23. The molecule has 0 amide bonds. The van der Waals surface area contributed by atoms with Crippen molar-refractivity contribution in [1.82, 2.24) is 9.78 Å². The fourth-order valence-corrected chi connectivity index (χ4v) is 2.18. The summed E-state index contributed by atoms with van der Waals surface area (Å²) in [5.41, 5.74) is 2.32. The Balaban J connectivity index is 1.72. The monoisotopic (exact) mass is 301 g/mol. The summed E-state index contributed by atoms with van der Waals surface area (Å²) in [7, 11) is 0. The Labute approximate surface area is 127 Å². The van der Waals surface area contributed by atoms with Crippen LogP contribution in [0.4, 0.5) is 10.1 Å². The molecule has 3 rings (SSSR count). The van der Waals surface area contributed by atoms with Gasteiger partial charge in [-0.2, -0.15) is 5.10 Å². The molecular weight excluding hydrogens is 289 g/mol. The molecule has 0 spiro atoms. The zero-order valence-electron chi connectivity index (χ0n) is 11.1. The number of anilines is 1. The summed E-state index contributed by atoms with van der Waals surface area (Å²) in [6, 6.07) is 14.2. The molecule has 2 aromatic carbocycles. The topological polar surface area (TPSA) is 29.9 Å². The summed E-state index contributed by atoms with van der Waals surface area (Å²) in [5.74, 6) is -0.324. The van der Waals surface area contributed by atoms with E-state index in [1.54, 1.807) is 16.9 Å². The fourth-order valence-electron chi connectivity index (χ4n) is 2.00. The molecule has 3 aromatic rings. The first kappa shape index (κ1) is 13.6. The number of halogens is 2. The SMILES string of the molecule is Fc1ccc(Cl)cc1NCc1cnn(-c2ccccc2)c1. The third-order valence-electron chi connectivity index (χ3n) is 3.07. The van der Waals surface area contributed by atoms with Crippen LogP contribution in [0.25, 0.3) is 5.69 Å². The third-order valence-corrected chi connectivity index (χ3v) is 3.30. The van der Waals surface area contributed by atoms with E-state index in [1.165, 1.54) is 12.1 Å². The highest BCUT2D eigenvalue weighted by Crippen LogP contribution is 2.20. The van der Waals surface area contributed by atoms with Crippen molar-refractivity contribution < 1.29 is 4.39 Å². The Bertz CT molecular complexity index is 740. The van der Waals surface area contributed by atoms with Gasteiger partial charge in [0.25, 0.3) is 0 Å². The molecule has 0 atom stereocenters. The molecule has 106 valence electrons. The lowest BCUT2D eigenvalue weighted by Crippen LogP contribution is -2.00. The standard InChI is InChI=1S/C16H13ClFN3/c17-13-6-7-15(18)16(8-13)19-9-12-10-20-21(11-12)14-4-2-1-3-5-14/h1-8,10-11,19H,9H2. The predicted molar refractivity (Wildman–Crippen MR) is 82.3 cm³/mol. The molecule has 0 bridgehead atoms. The van der Waals surface area contributed by atoms with E-state index >= 15 is 0 Å². The van der Waals surface area contributed by atoms with E-state index in [0.29, 0.717) is 17.3 Å². The largest absolute Gasteiger partial charge is 0.378 e. The first-order chi connectivity index (χ1) is 10.2. The van der Waals surface area contributed by atoms with E-state index in [0.717, 1.165) is 11.3 Å². The van der Waals surface area contributed by atoms with E-state index in [9.17, 15) is 4.39 Å². The molecule has 0 aliphatic rings. The quantitative estimate of drug-likeness (QED) is 0.779. The summed E-state index contributed by atoms with van der Waals surface area (Å²) >= 11 is 5.86. The molecule has 1 aromatic heterocycles. The second-order valence-corrected chi connectivity index (χ2v) is 5.04. The smallest absolute Gasteiger partial charge is 0.146 e. The summed E-state index contributed by atoms with van der Waals surface area (Å²) in [6.45, 7) is 0.476. The van der Waals surface area contributed by atoms with Crippen LogP contribution in [0.5, 0.6) is 0 Å². The Kier molecular flexibility index (Phi) is 3.88. The minimum absolute atomic E-state index is 0.324. The number of rotatable bonds is 4. The zero-order chi connectivity index (χ0) is 14.7. The Hall–Kier alpha value is -2.33. The van der Waals surface area contributed by atoms with Crippen LogP contribution in [0, 0.1) is 5.82 Å². The van der Waals surface area contributed by atoms with Crippen LogP contribution in [0.1, 0.15) is 5.56 Å². The maximum absolute atomic E-state index is 13.6. The van der Waals surface area contributed by atoms with Crippen molar-refractivity contribution in [2.24, 2.45) is 0 Å². The lowest BCUT2D eigenvalue weighted by molar-refractivity contribution is 0.630. The van der Waals surface area contributed by atoms with Crippen LogP contribution in [-0.4, -0.2) is 9.78 Å². The maximum atomic E-state index is 13.6. The molecule has 0 aliphatic heterocycles. The van der Waals surface area contributed by atoms with Gasteiger partial charge in [0.2, 0.25) is 0 Å². The van der Waals surface area contributed by atoms with Crippen LogP contribution in [0.3, 0.4) is 0 Å². The lowest BCUT2D eigenvalue weighted by atomic mass is 10.3. The van der Waals surface area contributed by atoms with Crippen LogP contribution < -0.4 is 5.32 Å². The van der Waals surface area contributed by atoms with Crippen molar-refractivity contribution in [2.45, 2.75) is 6.54 Å². The molecule has 0 radical (unpaired) electrons. The molecule has 0 saturated carbocycles. The molecule has 0 saturated heterocycles. The molecule has 1 N–H and O–H groups in total. The van der Waals surface area contributed by atoms with Crippen molar-refractivity contribution in [3.63, 3.8) is 0 Å². The minimum atomic E-state index is -0.324. The van der Waals surface area contributed by atoms with E-state index in [4.69, 9.17) is 11.6 Å². The van der Waals surface area contributed by atoms with Crippen LogP contribution in [0.2, 0.25) is 5.02 Å². The van der Waals surface area contributed by atoms with Crippen LogP contribution in [0.15, 0.2) is 60.9 Å². The van der Waals surface area contributed by atoms with Crippen LogP contribution >= 0.6 is 11.6 Å². The van der Waals surface area contributed by atoms with Crippen molar-refractivity contribution in [2.75, 3.05) is 5.32 Å². The number of nitrogens with one attached hydrogen (secondary N) is 1. The molecular formula is C16H13ClFN3.